The number of halogens is 1. The molecule has 1 aliphatic rings. The second-order valence-corrected chi connectivity index (χ2v) is 5.46. The van der Waals surface area contributed by atoms with Gasteiger partial charge in [0.05, 0.1) is 11.9 Å². The summed E-state index contributed by atoms with van der Waals surface area (Å²) in [5.41, 5.74) is 0.756. The van der Waals surface area contributed by atoms with Crippen LogP contribution >= 0.6 is 15.9 Å². The van der Waals surface area contributed by atoms with E-state index in [-0.39, 0.29) is 5.56 Å². The monoisotopic (exact) mass is 285 g/mol. The highest BCUT2D eigenvalue weighted by molar-refractivity contribution is 9.10. The minimum atomic E-state index is -0.0562. The van der Waals surface area contributed by atoms with Crippen LogP contribution in [0, 0.1) is 5.92 Å². The van der Waals surface area contributed by atoms with Gasteiger partial charge < -0.3 is 5.32 Å². The zero-order valence-corrected chi connectivity index (χ0v) is 11.1. The molecule has 1 aromatic rings. The third kappa shape index (κ3) is 2.64. The number of hydrogen-bond donors (Lipinski definition) is 1. The highest BCUT2D eigenvalue weighted by atomic mass is 79.9. The van der Waals surface area contributed by atoms with Crippen LogP contribution in [0.4, 0.5) is 5.69 Å². The normalized spacial score (nSPS) is 15.5. The SMILES string of the molecule is CC(C)Cn1ncc(NC2CC2)c(Br)c1=O. The molecule has 1 N–H and O–H groups in total. The molecule has 0 spiro atoms. The van der Waals surface area contributed by atoms with E-state index in [0.717, 1.165) is 5.69 Å². The molecule has 0 radical (unpaired) electrons. The van der Waals surface area contributed by atoms with Crippen LogP contribution in [0.1, 0.15) is 26.7 Å². The van der Waals surface area contributed by atoms with Crippen LogP contribution in [0.2, 0.25) is 0 Å². The number of anilines is 1. The third-order valence-corrected chi connectivity index (χ3v) is 3.23. The van der Waals surface area contributed by atoms with Crippen molar-refractivity contribution < 1.29 is 0 Å². The standard InChI is InChI=1S/C11H16BrN3O/c1-7(2)6-15-11(16)10(12)9(5-13-15)14-8-3-4-8/h5,7-8,14H,3-4,6H2,1-2H3. The van der Waals surface area contributed by atoms with Crippen molar-refractivity contribution in [2.45, 2.75) is 39.3 Å². The lowest BCUT2D eigenvalue weighted by Crippen LogP contribution is -2.26. The molecular weight excluding hydrogens is 270 g/mol. The van der Waals surface area contributed by atoms with E-state index < -0.39 is 0 Å². The molecule has 0 amide bonds. The van der Waals surface area contributed by atoms with Gasteiger partial charge >= 0.3 is 0 Å². The van der Waals surface area contributed by atoms with E-state index in [1.807, 2.05) is 0 Å². The first-order valence-electron chi connectivity index (χ1n) is 5.60. The van der Waals surface area contributed by atoms with Crippen molar-refractivity contribution in [1.29, 1.82) is 0 Å². The Morgan fingerprint density at radius 1 is 1.62 bits per heavy atom. The molecule has 0 saturated heterocycles. The maximum atomic E-state index is 11.9. The molecule has 0 atom stereocenters. The average molecular weight is 286 g/mol. The quantitative estimate of drug-likeness (QED) is 0.923. The van der Waals surface area contributed by atoms with Gasteiger partial charge in [0.25, 0.3) is 5.56 Å². The molecule has 1 aromatic heterocycles. The van der Waals surface area contributed by atoms with E-state index in [4.69, 9.17) is 0 Å². The van der Waals surface area contributed by atoms with Crippen LogP contribution in [-0.2, 0) is 6.54 Å². The smallest absolute Gasteiger partial charge is 0.283 e. The van der Waals surface area contributed by atoms with Crippen molar-refractivity contribution in [3.63, 3.8) is 0 Å². The molecule has 88 valence electrons. The molecular formula is C11H16BrN3O. The van der Waals surface area contributed by atoms with Gasteiger partial charge in [-0.2, -0.15) is 5.10 Å². The van der Waals surface area contributed by atoms with Crippen LogP contribution in [0.5, 0.6) is 0 Å². The van der Waals surface area contributed by atoms with Crippen molar-refractivity contribution in [3.05, 3.63) is 21.0 Å². The van der Waals surface area contributed by atoms with Crippen molar-refractivity contribution in [3.8, 4) is 0 Å². The summed E-state index contributed by atoms with van der Waals surface area (Å²) in [7, 11) is 0. The maximum Gasteiger partial charge on any atom is 0.283 e. The van der Waals surface area contributed by atoms with E-state index in [0.29, 0.717) is 23.0 Å². The molecule has 4 nitrogen and oxygen atoms in total. The van der Waals surface area contributed by atoms with Crippen LogP contribution < -0.4 is 10.9 Å². The van der Waals surface area contributed by atoms with Crippen LogP contribution in [0.3, 0.4) is 0 Å². The average Bonchev–Trinajstić information content (AvgIpc) is 3.01. The fraction of sp³-hybridized carbons (Fsp3) is 0.636. The Morgan fingerprint density at radius 2 is 2.31 bits per heavy atom. The zero-order chi connectivity index (χ0) is 11.7. The van der Waals surface area contributed by atoms with Crippen LogP contribution in [0.25, 0.3) is 0 Å². The molecule has 2 rings (SSSR count). The molecule has 0 unspecified atom stereocenters. The van der Waals surface area contributed by atoms with Crippen LogP contribution in [-0.4, -0.2) is 15.8 Å². The molecule has 1 saturated carbocycles. The van der Waals surface area contributed by atoms with Gasteiger partial charge in [0.15, 0.2) is 0 Å². The highest BCUT2D eigenvalue weighted by Crippen LogP contribution is 2.27. The van der Waals surface area contributed by atoms with E-state index in [9.17, 15) is 4.79 Å². The zero-order valence-electron chi connectivity index (χ0n) is 9.53. The molecule has 1 fully saturated rings. The molecule has 1 heterocycles. The predicted octanol–water partition coefficient (Wildman–Crippen LogP) is 2.24. The van der Waals surface area contributed by atoms with Crippen molar-refractivity contribution in [2.24, 2.45) is 5.92 Å². The van der Waals surface area contributed by atoms with Crippen molar-refractivity contribution >= 4 is 21.6 Å². The van der Waals surface area contributed by atoms with E-state index >= 15 is 0 Å². The molecule has 16 heavy (non-hydrogen) atoms. The summed E-state index contributed by atoms with van der Waals surface area (Å²) in [6.45, 7) is 4.79. The summed E-state index contributed by atoms with van der Waals surface area (Å²) in [6, 6.07) is 0.526. The lowest BCUT2D eigenvalue weighted by Gasteiger charge is -2.11. The second-order valence-electron chi connectivity index (χ2n) is 4.67. The molecule has 0 bridgehead atoms. The Kier molecular flexibility index (Phi) is 3.33. The first-order chi connectivity index (χ1) is 7.58. The van der Waals surface area contributed by atoms with Crippen molar-refractivity contribution in [1.82, 2.24) is 9.78 Å². The molecule has 0 aliphatic heterocycles. The Bertz CT molecular complexity index is 437. The second kappa shape index (κ2) is 4.57. The van der Waals surface area contributed by atoms with E-state index in [1.165, 1.54) is 17.5 Å². The number of nitrogens with one attached hydrogen (secondary N) is 1. The van der Waals surface area contributed by atoms with Gasteiger partial charge in [0.1, 0.15) is 4.47 Å². The third-order valence-electron chi connectivity index (χ3n) is 2.46. The van der Waals surface area contributed by atoms with E-state index in [1.54, 1.807) is 6.20 Å². The minimum absolute atomic E-state index is 0.0562. The first kappa shape index (κ1) is 11.6. The van der Waals surface area contributed by atoms with Gasteiger partial charge in [-0.25, -0.2) is 4.68 Å². The lowest BCUT2D eigenvalue weighted by atomic mass is 10.2. The summed E-state index contributed by atoms with van der Waals surface area (Å²) >= 11 is 3.34. The van der Waals surface area contributed by atoms with Gasteiger partial charge in [-0.05, 0) is 34.7 Å². The van der Waals surface area contributed by atoms with Crippen molar-refractivity contribution in [2.75, 3.05) is 5.32 Å². The molecule has 5 heteroatoms. The number of aromatic nitrogens is 2. The fourth-order valence-corrected chi connectivity index (χ4v) is 1.91. The molecule has 0 aromatic carbocycles. The Labute approximate surface area is 103 Å². The number of nitrogens with zero attached hydrogens (tertiary/aromatic N) is 2. The highest BCUT2D eigenvalue weighted by Gasteiger charge is 2.22. The van der Waals surface area contributed by atoms with E-state index in [2.05, 4.69) is 40.2 Å². The largest absolute Gasteiger partial charge is 0.380 e. The Balaban J connectivity index is 2.24. The fourth-order valence-electron chi connectivity index (χ4n) is 1.49. The minimum Gasteiger partial charge on any atom is -0.380 e. The summed E-state index contributed by atoms with van der Waals surface area (Å²) in [4.78, 5) is 11.9. The Hall–Kier alpha value is -0.840. The topological polar surface area (TPSA) is 46.9 Å². The van der Waals surface area contributed by atoms with Gasteiger partial charge in [-0.15, -0.1) is 0 Å². The van der Waals surface area contributed by atoms with Gasteiger partial charge in [-0.3, -0.25) is 4.79 Å². The summed E-state index contributed by atoms with van der Waals surface area (Å²) in [5.74, 6) is 0.416. The summed E-state index contributed by atoms with van der Waals surface area (Å²) in [5, 5.41) is 7.45. The summed E-state index contributed by atoms with van der Waals surface area (Å²) in [6.07, 6.45) is 4.09. The lowest BCUT2D eigenvalue weighted by molar-refractivity contribution is 0.462. The van der Waals surface area contributed by atoms with Gasteiger partial charge in [0.2, 0.25) is 0 Å². The van der Waals surface area contributed by atoms with Crippen LogP contribution in [0.15, 0.2) is 15.5 Å². The summed E-state index contributed by atoms with van der Waals surface area (Å²) < 4.78 is 2.10. The first-order valence-corrected chi connectivity index (χ1v) is 6.39. The van der Waals surface area contributed by atoms with Gasteiger partial charge in [-0.1, -0.05) is 13.8 Å². The predicted molar refractivity (Wildman–Crippen MR) is 67.7 cm³/mol. The van der Waals surface area contributed by atoms with Gasteiger partial charge in [0, 0.05) is 12.6 Å². The number of rotatable bonds is 4. The molecule has 1 aliphatic carbocycles. The number of hydrogen-bond acceptors (Lipinski definition) is 3. The maximum absolute atomic E-state index is 11.9. The Morgan fingerprint density at radius 3 is 2.88 bits per heavy atom.